The Balaban J connectivity index is 1.80. The summed E-state index contributed by atoms with van der Waals surface area (Å²) in [7, 11) is 1.67. The number of hydrogen-bond donors (Lipinski definition) is 1. The Morgan fingerprint density at radius 3 is 3.05 bits per heavy atom. The van der Waals surface area contributed by atoms with Gasteiger partial charge in [-0.15, -0.1) is 0 Å². The topological polar surface area (TPSA) is 50.8 Å². The maximum absolute atomic E-state index is 12.7. The monoisotopic (exact) mass is 290 g/mol. The second kappa shape index (κ2) is 6.45. The summed E-state index contributed by atoms with van der Waals surface area (Å²) in [5.41, 5.74) is 1.09. The second-order valence-corrected chi connectivity index (χ2v) is 5.50. The zero-order valence-corrected chi connectivity index (χ0v) is 12.4. The van der Waals surface area contributed by atoms with E-state index in [4.69, 9.17) is 9.47 Å². The normalized spacial score (nSPS) is 25.9. The summed E-state index contributed by atoms with van der Waals surface area (Å²) in [6, 6.07) is 8.05. The van der Waals surface area contributed by atoms with E-state index in [2.05, 4.69) is 11.4 Å². The van der Waals surface area contributed by atoms with Crippen molar-refractivity contribution in [2.24, 2.45) is 0 Å². The highest BCUT2D eigenvalue weighted by molar-refractivity contribution is 5.82. The molecule has 0 radical (unpaired) electrons. The molecule has 2 aliphatic rings. The van der Waals surface area contributed by atoms with E-state index < -0.39 is 0 Å². The van der Waals surface area contributed by atoms with Crippen LogP contribution in [0.4, 0.5) is 0 Å². The number of carbonyl (C=O) groups excluding carboxylic acids is 1. The molecular weight excluding hydrogens is 268 g/mol. The van der Waals surface area contributed by atoms with Crippen LogP contribution in [0.5, 0.6) is 5.75 Å². The smallest absolute Gasteiger partial charge is 0.253 e. The fraction of sp³-hybridized carbons (Fsp3) is 0.562. The first-order chi connectivity index (χ1) is 10.3. The number of hydrogen-bond acceptors (Lipinski definition) is 4. The minimum atomic E-state index is -0.353. The molecule has 21 heavy (non-hydrogen) atoms. The average molecular weight is 290 g/mol. The molecule has 1 amide bonds. The molecule has 1 aromatic rings. The van der Waals surface area contributed by atoms with Crippen molar-refractivity contribution in [3.8, 4) is 5.75 Å². The molecule has 5 heteroatoms. The van der Waals surface area contributed by atoms with Crippen molar-refractivity contribution < 1.29 is 14.3 Å². The maximum atomic E-state index is 12.7. The molecule has 3 rings (SSSR count). The molecule has 2 aliphatic heterocycles. The van der Waals surface area contributed by atoms with Gasteiger partial charge in [-0.05, 0) is 18.9 Å². The lowest BCUT2D eigenvalue weighted by Crippen LogP contribution is -2.49. The summed E-state index contributed by atoms with van der Waals surface area (Å²) in [4.78, 5) is 14.7. The third-order valence-electron chi connectivity index (χ3n) is 4.24. The van der Waals surface area contributed by atoms with Crippen molar-refractivity contribution in [2.75, 3.05) is 33.4 Å². The number of nitrogens with one attached hydrogen (secondary N) is 1. The highest BCUT2D eigenvalue weighted by Crippen LogP contribution is 2.37. The van der Waals surface area contributed by atoms with E-state index >= 15 is 0 Å². The molecule has 2 saturated heterocycles. The molecule has 0 saturated carbocycles. The highest BCUT2D eigenvalue weighted by atomic mass is 16.5. The third-order valence-corrected chi connectivity index (χ3v) is 4.24. The van der Waals surface area contributed by atoms with E-state index in [9.17, 15) is 4.79 Å². The predicted molar refractivity (Wildman–Crippen MR) is 79.3 cm³/mol. The van der Waals surface area contributed by atoms with Crippen LogP contribution in [0.2, 0.25) is 0 Å². The van der Waals surface area contributed by atoms with Gasteiger partial charge in [0.15, 0.2) is 0 Å². The van der Waals surface area contributed by atoms with Gasteiger partial charge >= 0.3 is 0 Å². The van der Waals surface area contributed by atoms with Gasteiger partial charge in [-0.3, -0.25) is 4.79 Å². The molecule has 114 valence electrons. The predicted octanol–water partition coefficient (Wildman–Crippen LogP) is 1.35. The number of benzene rings is 1. The van der Waals surface area contributed by atoms with Gasteiger partial charge in [-0.1, -0.05) is 18.2 Å². The standard InChI is InChI=1S/C16H22N2O3/c1-20-14-7-3-2-5-12(14)13-6-4-9-18(13)16(19)15-11-17-8-10-21-15/h2-3,5,7,13,15,17H,4,6,8-11H2,1H3/t13-,15+/m1/s1. The molecule has 2 heterocycles. The molecule has 1 aromatic carbocycles. The van der Waals surface area contributed by atoms with Crippen molar-refractivity contribution in [3.05, 3.63) is 29.8 Å². The molecule has 0 bridgehead atoms. The summed E-state index contributed by atoms with van der Waals surface area (Å²) >= 11 is 0. The van der Waals surface area contributed by atoms with Gasteiger partial charge in [0, 0.05) is 25.2 Å². The Bertz CT molecular complexity index is 500. The Morgan fingerprint density at radius 1 is 1.43 bits per heavy atom. The van der Waals surface area contributed by atoms with Crippen molar-refractivity contribution in [3.63, 3.8) is 0 Å². The van der Waals surface area contributed by atoms with E-state index in [-0.39, 0.29) is 18.1 Å². The van der Waals surface area contributed by atoms with Crippen molar-refractivity contribution in [2.45, 2.75) is 25.0 Å². The van der Waals surface area contributed by atoms with Crippen LogP contribution in [0.15, 0.2) is 24.3 Å². The lowest BCUT2D eigenvalue weighted by molar-refractivity contribution is -0.146. The number of methoxy groups -OCH3 is 1. The first-order valence-electron chi connectivity index (χ1n) is 7.57. The van der Waals surface area contributed by atoms with Crippen LogP contribution in [0.25, 0.3) is 0 Å². The number of para-hydroxylation sites is 1. The molecule has 2 fully saturated rings. The number of amides is 1. The molecule has 0 aliphatic carbocycles. The van der Waals surface area contributed by atoms with Gasteiger partial charge in [0.1, 0.15) is 11.9 Å². The molecule has 1 N–H and O–H groups in total. The third kappa shape index (κ3) is 2.89. The summed E-state index contributed by atoms with van der Waals surface area (Å²) in [6.45, 7) is 2.82. The van der Waals surface area contributed by atoms with Gasteiger partial charge in [0.2, 0.25) is 0 Å². The van der Waals surface area contributed by atoms with Gasteiger partial charge in [0.25, 0.3) is 5.91 Å². The van der Waals surface area contributed by atoms with Crippen LogP contribution < -0.4 is 10.1 Å². The van der Waals surface area contributed by atoms with Crippen LogP contribution in [0.1, 0.15) is 24.4 Å². The number of likely N-dealkylation sites (tertiary alicyclic amines) is 1. The van der Waals surface area contributed by atoms with Crippen LogP contribution in [-0.2, 0) is 9.53 Å². The van der Waals surface area contributed by atoms with E-state index in [1.165, 1.54) is 0 Å². The van der Waals surface area contributed by atoms with E-state index in [1.807, 2.05) is 23.1 Å². The van der Waals surface area contributed by atoms with E-state index in [1.54, 1.807) is 7.11 Å². The van der Waals surface area contributed by atoms with E-state index in [0.717, 1.165) is 37.2 Å². The SMILES string of the molecule is COc1ccccc1[C@H]1CCCN1C(=O)[C@@H]1CNCCO1. The lowest BCUT2D eigenvalue weighted by atomic mass is 10.0. The number of nitrogens with zero attached hydrogens (tertiary/aromatic N) is 1. The van der Waals surface area contributed by atoms with E-state index in [0.29, 0.717) is 13.2 Å². The van der Waals surface area contributed by atoms with Crippen LogP contribution in [0.3, 0.4) is 0 Å². The molecule has 0 unspecified atom stereocenters. The quantitative estimate of drug-likeness (QED) is 0.913. The summed E-state index contributed by atoms with van der Waals surface area (Å²) < 4.78 is 11.1. The summed E-state index contributed by atoms with van der Waals surface area (Å²) in [6.07, 6.45) is 1.65. The first kappa shape index (κ1) is 14.4. The summed E-state index contributed by atoms with van der Waals surface area (Å²) in [5, 5.41) is 3.22. The van der Waals surface area contributed by atoms with Gasteiger partial charge < -0.3 is 19.7 Å². The Morgan fingerprint density at radius 2 is 2.29 bits per heavy atom. The molecule has 2 atom stereocenters. The summed E-state index contributed by atoms with van der Waals surface area (Å²) in [5.74, 6) is 0.945. The Kier molecular flexibility index (Phi) is 4.41. The van der Waals surface area contributed by atoms with Crippen LogP contribution in [-0.4, -0.2) is 50.3 Å². The maximum Gasteiger partial charge on any atom is 0.253 e. The number of carbonyl (C=O) groups is 1. The van der Waals surface area contributed by atoms with Crippen molar-refractivity contribution in [1.29, 1.82) is 0 Å². The average Bonchev–Trinajstić information content (AvgIpc) is 3.04. The molecule has 5 nitrogen and oxygen atoms in total. The minimum absolute atomic E-state index is 0.0932. The lowest BCUT2D eigenvalue weighted by Gasteiger charge is -2.31. The van der Waals surface area contributed by atoms with Crippen molar-refractivity contribution in [1.82, 2.24) is 10.2 Å². The highest BCUT2D eigenvalue weighted by Gasteiger charge is 2.36. The Hall–Kier alpha value is -1.59. The van der Waals surface area contributed by atoms with Gasteiger partial charge in [0.05, 0.1) is 19.8 Å². The zero-order valence-electron chi connectivity index (χ0n) is 12.4. The number of ether oxygens (including phenoxy) is 2. The fourth-order valence-electron chi connectivity index (χ4n) is 3.20. The van der Waals surface area contributed by atoms with Crippen LogP contribution in [0, 0.1) is 0 Å². The minimum Gasteiger partial charge on any atom is -0.496 e. The zero-order chi connectivity index (χ0) is 14.7. The molecular formula is C16H22N2O3. The van der Waals surface area contributed by atoms with Gasteiger partial charge in [-0.25, -0.2) is 0 Å². The second-order valence-electron chi connectivity index (χ2n) is 5.50. The van der Waals surface area contributed by atoms with Crippen molar-refractivity contribution >= 4 is 5.91 Å². The Labute approximate surface area is 125 Å². The first-order valence-corrected chi connectivity index (χ1v) is 7.57. The van der Waals surface area contributed by atoms with Crippen LogP contribution >= 0.6 is 0 Å². The van der Waals surface area contributed by atoms with Gasteiger partial charge in [-0.2, -0.15) is 0 Å². The number of morpholine rings is 1. The number of rotatable bonds is 3. The largest absolute Gasteiger partial charge is 0.496 e. The molecule has 0 aromatic heterocycles. The molecule has 0 spiro atoms. The fourth-order valence-corrected chi connectivity index (χ4v) is 3.20.